The molecule has 122 valence electrons. The quantitative estimate of drug-likeness (QED) is 0.913. The lowest BCUT2D eigenvalue weighted by Gasteiger charge is -2.35. The molecule has 1 amide bonds. The summed E-state index contributed by atoms with van der Waals surface area (Å²) in [7, 11) is 0. The molecule has 0 unspecified atom stereocenters. The molecule has 1 fully saturated rings. The normalized spacial score (nSPS) is 16.9. The third-order valence-electron chi connectivity index (χ3n) is 4.03. The van der Waals surface area contributed by atoms with Crippen LogP contribution in [0.1, 0.15) is 27.7 Å². The minimum atomic E-state index is -0.114. The lowest BCUT2D eigenvalue weighted by Crippen LogP contribution is -2.43. The highest BCUT2D eigenvalue weighted by Crippen LogP contribution is 2.22. The van der Waals surface area contributed by atoms with Crippen LogP contribution >= 0.6 is 11.3 Å². The average molecular weight is 331 g/mol. The van der Waals surface area contributed by atoms with E-state index in [0.29, 0.717) is 12.2 Å². The van der Waals surface area contributed by atoms with E-state index in [1.54, 1.807) is 10.9 Å². The van der Waals surface area contributed by atoms with E-state index < -0.39 is 0 Å². The molecule has 2 heterocycles. The monoisotopic (exact) mass is 331 g/mol. The Morgan fingerprint density at radius 2 is 2.26 bits per heavy atom. The second-order valence-corrected chi connectivity index (χ2v) is 6.38. The van der Waals surface area contributed by atoms with Gasteiger partial charge in [0, 0.05) is 25.0 Å². The molecule has 1 atom stereocenters. The number of benzene rings is 1. The molecule has 1 N–H and O–H groups in total. The van der Waals surface area contributed by atoms with Gasteiger partial charge in [-0.05, 0) is 12.5 Å². The van der Waals surface area contributed by atoms with Gasteiger partial charge in [0.1, 0.15) is 5.69 Å². The smallest absolute Gasteiger partial charge is 0.270 e. The zero-order valence-electron chi connectivity index (χ0n) is 13.2. The largest absolute Gasteiger partial charge is 0.379 e. The Hall–Kier alpha value is -1.76. The molecule has 2 aromatic rings. The van der Waals surface area contributed by atoms with Crippen LogP contribution in [-0.2, 0) is 4.74 Å². The van der Waals surface area contributed by atoms with Gasteiger partial charge >= 0.3 is 0 Å². The molecule has 23 heavy (non-hydrogen) atoms. The summed E-state index contributed by atoms with van der Waals surface area (Å²) in [5, 5.41) is 4.79. The number of aromatic nitrogens is 1. The molecule has 6 heteroatoms. The van der Waals surface area contributed by atoms with E-state index in [0.717, 1.165) is 26.3 Å². The number of aryl methyl sites for hydroxylation is 1. The molecule has 3 rings (SSSR count). The standard InChI is InChI=1S/C17H21N3O2S/c1-13-3-2-4-14(9-13)16(20-5-7-22-8-6-20)10-18-17(21)15-11-23-12-19-15/h2-4,9,11-12,16H,5-8,10H2,1H3,(H,18,21)/t16-/m1/s1. The number of nitrogens with one attached hydrogen (secondary N) is 1. The van der Waals surface area contributed by atoms with E-state index in [9.17, 15) is 4.79 Å². The van der Waals surface area contributed by atoms with Crippen molar-refractivity contribution in [2.45, 2.75) is 13.0 Å². The van der Waals surface area contributed by atoms with Crippen LogP contribution in [0, 0.1) is 6.92 Å². The minimum absolute atomic E-state index is 0.114. The number of hydrogen-bond donors (Lipinski definition) is 1. The van der Waals surface area contributed by atoms with E-state index >= 15 is 0 Å². The fraction of sp³-hybridized carbons (Fsp3) is 0.412. The summed E-state index contributed by atoms with van der Waals surface area (Å²) < 4.78 is 5.46. The molecule has 5 nitrogen and oxygen atoms in total. The Bertz CT molecular complexity index is 639. The third-order valence-corrected chi connectivity index (χ3v) is 4.62. The summed E-state index contributed by atoms with van der Waals surface area (Å²) in [5.74, 6) is -0.114. The topological polar surface area (TPSA) is 54.5 Å². The van der Waals surface area contributed by atoms with Gasteiger partial charge < -0.3 is 10.1 Å². The summed E-state index contributed by atoms with van der Waals surface area (Å²) in [6, 6.07) is 8.63. The van der Waals surface area contributed by atoms with E-state index in [-0.39, 0.29) is 11.9 Å². The molecular formula is C17H21N3O2S. The molecule has 1 aliphatic rings. The number of ether oxygens (including phenoxy) is 1. The molecule has 0 saturated carbocycles. The Labute approximate surface area is 140 Å². The molecular weight excluding hydrogens is 310 g/mol. The summed E-state index contributed by atoms with van der Waals surface area (Å²) in [5.41, 5.74) is 4.62. The number of rotatable bonds is 5. The Kier molecular flexibility index (Phi) is 5.38. The Balaban J connectivity index is 1.73. The van der Waals surface area contributed by atoms with Crippen LogP contribution in [0.15, 0.2) is 35.2 Å². The molecule has 0 aliphatic carbocycles. The molecule has 1 saturated heterocycles. The Morgan fingerprint density at radius 1 is 1.43 bits per heavy atom. The maximum atomic E-state index is 12.2. The summed E-state index contributed by atoms with van der Waals surface area (Å²) in [4.78, 5) is 18.6. The van der Waals surface area contributed by atoms with Gasteiger partial charge in [0.2, 0.25) is 0 Å². The molecule has 0 bridgehead atoms. The van der Waals surface area contributed by atoms with Crippen LogP contribution < -0.4 is 5.32 Å². The van der Waals surface area contributed by atoms with Crippen molar-refractivity contribution >= 4 is 17.2 Å². The van der Waals surface area contributed by atoms with Crippen LogP contribution in [0.4, 0.5) is 0 Å². The average Bonchev–Trinajstić information content (AvgIpc) is 3.10. The zero-order valence-corrected chi connectivity index (χ0v) is 14.0. The van der Waals surface area contributed by atoms with Crippen molar-refractivity contribution in [3.63, 3.8) is 0 Å². The van der Waals surface area contributed by atoms with Gasteiger partial charge in [-0.2, -0.15) is 0 Å². The van der Waals surface area contributed by atoms with E-state index in [4.69, 9.17) is 4.74 Å². The fourth-order valence-corrected chi connectivity index (χ4v) is 3.36. The van der Waals surface area contributed by atoms with Gasteiger partial charge in [0.05, 0.1) is 24.8 Å². The molecule has 0 radical (unpaired) electrons. The molecule has 1 aromatic carbocycles. The van der Waals surface area contributed by atoms with Gasteiger partial charge in [0.25, 0.3) is 5.91 Å². The molecule has 0 spiro atoms. The first kappa shape index (κ1) is 16.1. The SMILES string of the molecule is Cc1cccc([C@@H](CNC(=O)c2cscn2)N2CCOCC2)c1. The van der Waals surface area contributed by atoms with Crippen LogP contribution in [-0.4, -0.2) is 48.6 Å². The van der Waals surface area contributed by atoms with Crippen molar-refractivity contribution in [2.75, 3.05) is 32.8 Å². The van der Waals surface area contributed by atoms with Gasteiger partial charge in [0.15, 0.2) is 0 Å². The lowest BCUT2D eigenvalue weighted by atomic mass is 10.0. The summed E-state index contributed by atoms with van der Waals surface area (Å²) in [6.45, 7) is 5.90. The minimum Gasteiger partial charge on any atom is -0.379 e. The van der Waals surface area contributed by atoms with Crippen LogP contribution in [0.3, 0.4) is 0 Å². The summed E-state index contributed by atoms with van der Waals surface area (Å²) >= 11 is 1.43. The number of carbonyl (C=O) groups is 1. The lowest BCUT2D eigenvalue weighted by molar-refractivity contribution is 0.0162. The van der Waals surface area contributed by atoms with Gasteiger partial charge in [-0.1, -0.05) is 29.8 Å². The first-order chi connectivity index (χ1) is 11.2. The van der Waals surface area contributed by atoms with Gasteiger partial charge in [-0.3, -0.25) is 9.69 Å². The predicted molar refractivity (Wildman–Crippen MR) is 90.8 cm³/mol. The van der Waals surface area contributed by atoms with Gasteiger partial charge in [-0.15, -0.1) is 11.3 Å². The fourth-order valence-electron chi connectivity index (χ4n) is 2.83. The zero-order chi connectivity index (χ0) is 16.1. The summed E-state index contributed by atoms with van der Waals surface area (Å²) in [6.07, 6.45) is 0. The number of hydrogen-bond acceptors (Lipinski definition) is 5. The van der Waals surface area contributed by atoms with Gasteiger partial charge in [-0.25, -0.2) is 4.98 Å². The van der Waals surface area contributed by atoms with Crippen molar-refractivity contribution in [1.29, 1.82) is 0 Å². The van der Waals surface area contributed by atoms with Crippen LogP contribution in [0.2, 0.25) is 0 Å². The highest BCUT2D eigenvalue weighted by Gasteiger charge is 2.23. The van der Waals surface area contributed by atoms with Crippen molar-refractivity contribution in [3.8, 4) is 0 Å². The Morgan fingerprint density at radius 3 is 2.96 bits per heavy atom. The van der Waals surface area contributed by atoms with Crippen LogP contribution in [0.5, 0.6) is 0 Å². The number of morpholine rings is 1. The van der Waals surface area contributed by atoms with Crippen molar-refractivity contribution in [3.05, 3.63) is 52.0 Å². The van der Waals surface area contributed by atoms with E-state index in [1.165, 1.54) is 22.5 Å². The first-order valence-electron chi connectivity index (χ1n) is 7.79. The third kappa shape index (κ3) is 4.16. The van der Waals surface area contributed by atoms with Crippen molar-refractivity contribution in [1.82, 2.24) is 15.2 Å². The maximum absolute atomic E-state index is 12.2. The van der Waals surface area contributed by atoms with E-state index in [2.05, 4.69) is 46.4 Å². The highest BCUT2D eigenvalue weighted by molar-refractivity contribution is 7.07. The number of amides is 1. The highest BCUT2D eigenvalue weighted by atomic mass is 32.1. The van der Waals surface area contributed by atoms with Crippen molar-refractivity contribution in [2.24, 2.45) is 0 Å². The number of thiazole rings is 1. The number of carbonyl (C=O) groups excluding carboxylic acids is 1. The maximum Gasteiger partial charge on any atom is 0.270 e. The predicted octanol–water partition coefficient (Wildman–Crippen LogP) is 2.25. The molecule has 1 aliphatic heterocycles. The van der Waals surface area contributed by atoms with E-state index in [1.807, 2.05) is 0 Å². The second-order valence-electron chi connectivity index (χ2n) is 5.66. The second kappa shape index (κ2) is 7.68. The molecule has 1 aromatic heterocycles. The first-order valence-corrected chi connectivity index (χ1v) is 8.73. The van der Waals surface area contributed by atoms with Crippen LogP contribution in [0.25, 0.3) is 0 Å². The van der Waals surface area contributed by atoms with Crippen molar-refractivity contribution < 1.29 is 9.53 Å². The number of nitrogens with zero attached hydrogens (tertiary/aromatic N) is 2.